The molecule has 3 unspecified atom stereocenters. The molecule has 270 valence electrons. The number of hydrogen-bond acceptors (Lipinski definition) is 10. The summed E-state index contributed by atoms with van der Waals surface area (Å²) in [5, 5.41) is 0. The molecule has 10 aliphatic heterocycles. The van der Waals surface area contributed by atoms with Crippen LogP contribution in [0.1, 0.15) is 97.3 Å². The molecule has 0 saturated carbocycles. The van der Waals surface area contributed by atoms with Crippen LogP contribution in [0.2, 0.25) is 0 Å². The van der Waals surface area contributed by atoms with Crippen LogP contribution in [-0.4, -0.2) is 103 Å². The summed E-state index contributed by atoms with van der Waals surface area (Å²) in [6.07, 6.45) is 7.95. The highest BCUT2D eigenvalue weighted by Crippen LogP contribution is 2.54. The molecule has 10 aliphatic rings. The van der Waals surface area contributed by atoms with Crippen molar-refractivity contribution in [1.29, 1.82) is 0 Å². The van der Waals surface area contributed by atoms with E-state index in [0.29, 0.717) is 44.4 Å². The lowest BCUT2D eigenvalue weighted by molar-refractivity contribution is -0.292. The molecule has 18 atom stereocenters. The minimum atomic E-state index is -0.761. The van der Waals surface area contributed by atoms with Gasteiger partial charge in [0.1, 0.15) is 42.6 Å². The minimum Gasteiger partial charge on any atom is -0.374 e. The molecule has 10 nitrogen and oxygen atoms in total. The lowest BCUT2D eigenvalue weighted by atomic mass is 9.79. The van der Waals surface area contributed by atoms with Crippen molar-refractivity contribution in [3.8, 4) is 0 Å². The molecular weight excluding hydrogens is 628 g/mol. The molecule has 10 rings (SSSR count). The number of hydrogen-bond donors (Lipinski definition) is 0. The summed E-state index contributed by atoms with van der Waals surface area (Å²) >= 11 is 0. The maximum Gasteiger partial charge on any atom is 0.172 e. The predicted molar refractivity (Wildman–Crippen MR) is 176 cm³/mol. The van der Waals surface area contributed by atoms with Crippen LogP contribution in [0.3, 0.4) is 0 Å². The Bertz CT molecular complexity index is 1330. The Morgan fingerprint density at radius 2 is 1.47 bits per heavy atom. The molecule has 10 saturated heterocycles. The highest BCUT2D eigenvalue weighted by atomic mass is 16.8. The first-order chi connectivity index (χ1) is 23.7. The van der Waals surface area contributed by atoms with Crippen LogP contribution in [0.25, 0.3) is 0 Å². The van der Waals surface area contributed by atoms with Gasteiger partial charge in [0.15, 0.2) is 5.79 Å². The van der Waals surface area contributed by atoms with E-state index in [0.717, 1.165) is 62.4 Å². The second-order valence-corrected chi connectivity index (χ2v) is 16.9. The summed E-state index contributed by atoms with van der Waals surface area (Å²) in [6, 6.07) is 0. The number of fused-ring (bicyclic) bond motifs is 6. The van der Waals surface area contributed by atoms with E-state index >= 15 is 0 Å². The Morgan fingerprint density at radius 1 is 0.714 bits per heavy atom. The fourth-order valence-electron chi connectivity index (χ4n) is 11.0. The molecule has 10 fully saturated rings. The van der Waals surface area contributed by atoms with Gasteiger partial charge in [-0.15, -0.1) is 0 Å². The van der Waals surface area contributed by atoms with Gasteiger partial charge in [0.25, 0.3) is 0 Å². The van der Waals surface area contributed by atoms with Gasteiger partial charge in [-0.25, -0.2) is 0 Å². The maximum absolute atomic E-state index is 13.9. The van der Waals surface area contributed by atoms with Crippen LogP contribution >= 0.6 is 0 Å². The van der Waals surface area contributed by atoms with Crippen LogP contribution in [0.15, 0.2) is 24.3 Å². The number of carbonyl (C=O) groups excluding carboxylic acids is 2. The molecule has 0 aromatic rings. The fraction of sp³-hybridized carbons (Fsp3) is 0.846. The Balaban J connectivity index is 0.990. The van der Waals surface area contributed by atoms with Crippen LogP contribution in [0.5, 0.6) is 0 Å². The molecule has 0 radical (unpaired) electrons. The third-order valence-electron chi connectivity index (χ3n) is 13.7. The van der Waals surface area contributed by atoms with Gasteiger partial charge in [-0.05, 0) is 73.8 Å². The zero-order chi connectivity index (χ0) is 33.6. The quantitative estimate of drug-likeness (QED) is 0.294. The lowest BCUT2D eigenvalue weighted by Crippen LogP contribution is -2.61. The Morgan fingerprint density at radius 3 is 2.33 bits per heavy atom. The third kappa shape index (κ3) is 5.94. The molecule has 10 heteroatoms. The standard InChI is InChI=1S/C39H54O10/c1-19-13-24-5-7-28-20(2)14-26(42-28)9-11-39-18-33-35(48-39)36-37(47-33)38(49-39)34-30(46-36)8-6-25(44-34)15-23(41)16-27-22(4)29(10-12-40)45-32(27)17-31(43-24)21(19)3/h12,19,22,24-38H,2-3,5-11,13-18H2,1,4H3/t19-,22-,24?,25-,26+,27-,28+,29-,30+,31-,32?,33-,34+,35+,36+,37-,38?,39+/m1/s1. The monoisotopic (exact) mass is 682 g/mol. The third-order valence-corrected chi connectivity index (χ3v) is 13.7. The van der Waals surface area contributed by atoms with Crippen molar-refractivity contribution in [2.24, 2.45) is 17.8 Å². The molecule has 12 bridgehead atoms. The van der Waals surface area contributed by atoms with Gasteiger partial charge >= 0.3 is 0 Å². The van der Waals surface area contributed by atoms with Gasteiger partial charge in [0.2, 0.25) is 0 Å². The number of Topliss-reactive ketones (excluding diaryl/α,β-unsaturated/α-hetero) is 1. The topological polar surface area (TPSA) is 108 Å². The minimum absolute atomic E-state index is 0.00531. The van der Waals surface area contributed by atoms with Crippen molar-refractivity contribution >= 4 is 12.1 Å². The predicted octanol–water partition coefficient (Wildman–Crippen LogP) is 4.94. The van der Waals surface area contributed by atoms with Crippen molar-refractivity contribution in [3.63, 3.8) is 0 Å². The normalized spacial score (nSPS) is 54.1. The average molecular weight is 683 g/mol. The summed E-state index contributed by atoms with van der Waals surface area (Å²) in [5.41, 5.74) is 2.25. The Kier molecular flexibility index (Phi) is 8.76. The summed E-state index contributed by atoms with van der Waals surface area (Å²) in [4.78, 5) is 25.5. The maximum atomic E-state index is 13.9. The first kappa shape index (κ1) is 33.3. The second-order valence-electron chi connectivity index (χ2n) is 16.9. The molecule has 1 spiro atoms. The van der Waals surface area contributed by atoms with Gasteiger partial charge in [-0.2, -0.15) is 0 Å². The number of ether oxygens (including phenoxy) is 8. The van der Waals surface area contributed by atoms with E-state index in [1.54, 1.807) is 0 Å². The van der Waals surface area contributed by atoms with Gasteiger partial charge in [-0.1, -0.05) is 27.0 Å². The number of rotatable bonds is 2. The van der Waals surface area contributed by atoms with Crippen molar-refractivity contribution < 1.29 is 47.5 Å². The van der Waals surface area contributed by atoms with E-state index in [4.69, 9.17) is 37.9 Å². The smallest absolute Gasteiger partial charge is 0.172 e. The SMILES string of the molecule is C=C1C[C@@H]2CC[C@@]34C[C@H]5O[C@H]6C(O3)[C@H]3O[C@H](CC[C@@H]3O[C@H]6[C@H]5O4)CC(=O)C[C@H]3C(C[C@H]4OC(CC[C@@H]1O2)C[C@@H](C)C4=C)O[C@H](CC=O)[C@@H]3C. The van der Waals surface area contributed by atoms with E-state index in [9.17, 15) is 9.59 Å². The van der Waals surface area contributed by atoms with Crippen LogP contribution < -0.4 is 0 Å². The largest absolute Gasteiger partial charge is 0.374 e. The molecule has 0 amide bonds. The molecule has 0 aromatic carbocycles. The van der Waals surface area contributed by atoms with Gasteiger partial charge in [-0.3, -0.25) is 4.79 Å². The van der Waals surface area contributed by atoms with Crippen LogP contribution in [0, 0.1) is 17.8 Å². The lowest BCUT2D eigenvalue weighted by Gasteiger charge is -2.47. The summed E-state index contributed by atoms with van der Waals surface area (Å²) in [5.74, 6) is -0.212. The van der Waals surface area contributed by atoms with Crippen LogP contribution in [-0.2, 0) is 47.5 Å². The zero-order valence-electron chi connectivity index (χ0n) is 29.1. The summed E-state index contributed by atoms with van der Waals surface area (Å²) < 4.78 is 53.7. The number of ketones is 1. The van der Waals surface area contributed by atoms with E-state index < -0.39 is 5.79 Å². The van der Waals surface area contributed by atoms with Gasteiger partial charge < -0.3 is 42.7 Å². The second kappa shape index (κ2) is 12.9. The highest BCUT2D eigenvalue weighted by Gasteiger charge is 2.68. The first-order valence-electron chi connectivity index (χ1n) is 19.3. The van der Waals surface area contributed by atoms with Crippen molar-refractivity contribution in [1.82, 2.24) is 0 Å². The van der Waals surface area contributed by atoms with E-state index in [1.165, 1.54) is 0 Å². The summed E-state index contributed by atoms with van der Waals surface area (Å²) in [6.45, 7) is 13.2. The highest BCUT2D eigenvalue weighted by molar-refractivity contribution is 5.79. The summed E-state index contributed by atoms with van der Waals surface area (Å²) in [7, 11) is 0. The zero-order valence-corrected chi connectivity index (χ0v) is 29.1. The fourth-order valence-corrected chi connectivity index (χ4v) is 11.0. The van der Waals surface area contributed by atoms with Crippen molar-refractivity contribution in [2.75, 3.05) is 0 Å². The van der Waals surface area contributed by atoms with Gasteiger partial charge in [0, 0.05) is 38.5 Å². The Labute approximate surface area is 289 Å². The first-order valence-corrected chi connectivity index (χ1v) is 19.3. The van der Waals surface area contributed by atoms with Crippen LogP contribution in [0.4, 0.5) is 0 Å². The average Bonchev–Trinajstić information content (AvgIpc) is 3.73. The number of aldehydes is 1. The van der Waals surface area contributed by atoms with E-state index in [2.05, 4.69) is 27.0 Å². The van der Waals surface area contributed by atoms with Gasteiger partial charge in [0.05, 0.1) is 54.9 Å². The Hall–Kier alpha value is -1.50. The van der Waals surface area contributed by atoms with Crippen molar-refractivity contribution in [3.05, 3.63) is 24.3 Å². The molecule has 0 aromatic heterocycles. The molecule has 49 heavy (non-hydrogen) atoms. The molecule has 0 N–H and O–H groups in total. The van der Waals surface area contributed by atoms with Crippen molar-refractivity contribution in [2.45, 2.75) is 189 Å². The number of carbonyl (C=O) groups is 2. The van der Waals surface area contributed by atoms with E-state index in [1.807, 2.05) is 0 Å². The van der Waals surface area contributed by atoms with E-state index in [-0.39, 0.29) is 103 Å². The molecular formula is C39H54O10. The molecule has 0 aliphatic carbocycles. The molecule has 10 heterocycles.